The van der Waals surface area contributed by atoms with E-state index < -0.39 is 27.7 Å². The lowest BCUT2D eigenvalue weighted by molar-refractivity contribution is -0.116. The van der Waals surface area contributed by atoms with Gasteiger partial charge in [-0.2, -0.15) is 4.31 Å². The fraction of sp³-hybridized carbons (Fsp3) is 0.318. The topological polar surface area (TPSA) is 122 Å². The third kappa shape index (κ3) is 4.47. The van der Waals surface area contributed by atoms with Gasteiger partial charge in [-0.3, -0.25) is 19.3 Å². The van der Waals surface area contributed by atoms with Crippen molar-refractivity contribution in [2.75, 3.05) is 45.3 Å². The molecule has 11 heteroatoms. The number of benzene rings is 2. The number of carbonyl (C=O) groups is 3. The SMILES string of the molecule is COc1ccc(S(=O)(=O)N2CCOCC2)cc1NC(=O)CCN1C(=O)c2ccccc2C1=O. The van der Waals surface area contributed by atoms with Crippen LogP contribution < -0.4 is 10.1 Å². The zero-order chi connectivity index (χ0) is 23.6. The zero-order valence-electron chi connectivity index (χ0n) is 17.9. The Kier molecular flexibility index (Phi) is 6.45. The predicted molar refractivity (Wildman–Crippen MR) is 118 cm³/mol. The predicted octanol–water partition coefficient (Wildman–Crippen LogP) is 1.34. The first kappa shape index (κ1) is 22.9. The van der Waals surface area contributed by atoms with Gasteiger partial charge >= 0.3 is 0 Å². The highest BCUT2D eigenvalue weighted by atomic mass is 32.2. The van der Waals surface area contributed by atoms with Crippen molar-refractivity contribution in [1.82, 2.24) is 9.21 Å². The Morgan fingerprint density at radius 3 is 2.30 bits per heavy atom. The molecule has 2 aliphatic rings. The number of sulfonamides is 1. The Morgan fingerprint density at radius 1 is 1.06 bits per heavy atom. The van der Waals surface area contributed by atoms with Crippen molar-refractivity contribution in [3.8, 4) is 5.75 Å². The minimum absolute atomic E-state index is 0.0147. The number of carbonyl (C=O) groups excluding carboxylic acids is 3. The Labute approximate surface area is 191 Å². The van der Waals surface area contributed by atoms with Crippen LogP contribution >= 0.6 is 0 Å². The second-order valence-corrected chi connectivity index (χ2v) is 9.42. The highest BCUT2D eigenvalue weighted by Crippen LogP contribution is 2.29. The number of amides is 3. The first-order valence-electron chi connectivity index (χ1n) is 10.3. The molecule has 0 aromatic heterocycles. The van der Waals surface area contributed by atoms with Gasteiger partial charge in [0.1, 0.15) is 5.75 Å². The van der Waals surface area contributed by atoms with Crippen LogP contribution in [0.5, 0.6) is 5.75 Å². The van der Waals surface area contributed by atoms with Gasteiger partial charge in [0.2, 0.25) is 15.9 Å². The minimum Gasteiger partial charge on any atom is -0.495 e. The summed E-state index contributed by atoms with van der Waals surface area (Å²) in [6.07, 6.45) is -0.158. The van der Waals surface area contributed by atoms with E-state index >= 15 is 0 Å². The van der Waals surface area contributed by atoms with E-state index in [0.29, 0.717) is 24.3 Å². The maximum atomic E-state index is 12.9. The summed E-state index contributed by atoms with van der Waals surface area (Å²) in [5.41, 5.74) is 0.801. The van der Waals surface area contributed by atoms with E-state index in [-0.39, 0.29) is 42.4 Å². The van der Waals surface area contributed by atoms with Crippen LogP contribution in [0.25, 0.3) is 0 Å². The van der Waals surface area contributed by atoms with E-state index in [0.717, 1.165) is 4.90 Å². The summed E-state index contributed by atoms with van der Waals surface area (Å²) in [6, 6.07) is 10.7. The molecule has 2 aromatic carbocycles. The van der Waals surface area contributed by atoms with Crippen molar-refractivity contribution < 1.29 is 32.3 Å². The van der Waals surface area contributed by atoms with Gasteiger partial charge in [-0.05, 0) is 30.3 Å². The lowest BCUT2D eigenvalue weighted by Crippen LogP contribution is -2.40. The van der Waals surface area contributed by atoms with Gasteiger partial charge < -0.3 is 14.8 Å². The quantitative estimate of drug-likeness (QED) is 0.602. The van der Waals surface area contributed by atoms with Crippen LogP contribution in [0, 0.1) is 0 Å². The lowest BCUT2D eigenvalue weighted by atomic mass is 10.1. The van der Waals surface area contributed by atoms with Crippen molar-refractivity contribution in [3.63, 3.8) is 0 Å². The third-order valence-corrected chi connectivity index (χ3v) is 7.39. The monoisotopic (exact) mass is 473 g/mol. The summed E-state index contributed by atoms with van der Waals surface area (Å²) in [6.45, 7) is 1.02. The Balaban J connectivity index is 1.46. The highest BCUT2D eigenvalue weighted by Gasteiger charge is 2.35. The molecule has 0 atom stereocenters. The summed E-state index contributed by atoms with van der Waals surface area (Å²) in [7, 11) is -2.36. The lowest BCUT2D eigenvalue weighted by Gasteiger charge is -2.26. The van der Waals surface area contributed by atoms with Crippen LogP contribution in [0.4, 0.5) is 5.69 Å². The Bertz CT molecular complexity index is 1170. The number of imide groups is 1. The van der Waals surface area contributed by atoms with Gasteiger partial charge in [0, 0.05) is 26.1 Å². The number of anilines is 1. The average Bonchev–Trinajstić information content (AvgIpc) is 3.08. The second-order valence-electron chi connectivity index (χ2n) is 7.48. The van der Waals surface area contributed by atoms with Crippen LogP contribution in [0.15, 0.2) is 47.4 Å². The molecule has 174 valence electrons. The van der Waals surface area contributed by atoms with E-state index in [1.807, 2.05) is 0 Å². The van der Waals surface area contributed by atoms with Gasteiger partial charge in [0.05, 0.1) is 42.0 Å². The Morgan fingerprint density at radius 2 is 1.70 bits per heavy atom. The molecule has 0 aliphatic carbocycles. The maximum absolute atomic E-state index is 12.9. The molecule has 33 heavy (non-hydrogen) atoms. The van der Waals surface area contributed by atoms with Gasteiger partial charge in [-0.15, -0.1) is 0 Å². The molecule has 0 spiro atoms. The molecular formula is C22H23N3O7S. The molecule has 2 heterocycles. The smallest absolute Gasteiger partial charge is 0.261 e. The van der Waals surface area contributed by atoms with E-state index in [9.17, 15) is 22.8 Å². The molecule has 4 rings (SSSR count). The second kappa shape index (κ2) is 9.30. The number of nitrogens with zero attached hydrogens (tertiary/aromatic N) is 2. The normalized spacial score (nSPS) is 16.6. The van der Waals surface area contributed by atoms with Crippen molar-refractivity contribution in [2.24, 2.45) is 0 Å². The molecule has 1 saturated heterocycles. The molecule has 1 N–H and O–H groups in total. The molecule has 0 unspecified atom stereocenters. The van der Waals surface area contributed by atoms with Crippen LogP contribution in [-0.2, 0) is 19.6 Å². The molecular weight excluding hydrogens is 450 g/mol. The average molecular weight is 474 g/mol. The molecule has 10 nitrogen and oxygen atoms in total. The van der Waals surface area contributed by atoms with E-state index in [2.05, 4.69) is 5.32 Å². The van der Waals surface area contributed by atoms with Crippen LogP contribution in [0.2, 0.25) is 0 Å². The number of nitrogens with one attached hydrogen (secondary N) is 1. The van der Waals surface area contributed by atoms with E-state index in [1.165, 1.54) is 29.6 Å². The van der Waals surface area contributed by atoms with Crippen molar-refractivity contribution in [3.05, 3.63) is 53.6 Å². The number of hydrogen-bond acceptors (Lipinski definition) is 7. The minimum atomic E-state index is -3.77. The molecule has 2 aliphatic heterocycles. The van der Waals surface area contributed by atoms with Crippen molar-refractivity contribution in [1.29, 1.82) is 0 Å². The van der Waals surface area contributed by atoms with Crippen molar-refractivity contribution >= 4 is 33.4 Å². The maximum Gasteiger partial charge on any atom is 0.261 e. The number of fused-ring (bicyclic) bond motifs is 1. The van der Waals surface area contributed by atoms with Crippen LogP contribution in [0.3, 0.4) is 0 Å². The largest absolute Gasteiger partial charge is 0.495 e. The molecule has 0 bridgehead atoms. The number of morpholine rings is 1. The molecule has 0 saturated carbocycles. The number of methoxy groups -OCH3 is 1. The van der Waals surface area contributed by atoms with Gasteiger partial charge in [-0.25, -0.2) is 8.42 Å². The van der Waals surface area contributed by atoms with E-state index in [4.69, 9.17) is 9.47 Å². The van der Waals surface area contributed by atoms with Crippen LogP contribution in [-0.4, -0.2) is 75.3 Å². The fourth-order valence-corrected chi connectivity index (χ4v) is 5.18. The first-order valence-corrected chi connectivity index (χ1v) is 11.8. The summed E-state index contributed by atoms with van der Waals surface area (Å²) in [5, 5.41) is 2.63. The summed E-state index contributed by atoms with van der Waals surface area (Å²) >= 11 is 0. The standard InChI is InChI=1S/C22H23N3O7S/c1-31-19-7-6-15(33(29,30)24-10-12-32-13-11-24)14-18(19)23-20(26)8-9-25-21(27)16-4-2-3-5-17(16)22(25)28/h2-7,14H,8-13H2,1H3,(H,23,26). The summed E-state index contributed by atoms with van der Waals surface area (Å²) in [4.78, 5) is 38.6. The summed E-state index contributed by atoms with van der Waals surface area (Å²) in [5.74, 6) is -1.10. The van der Waals surface area contributed by atoms with Gasteiger partial charge in [0.25, 0.3) is 11.8 Å². The van der Waals surface area contributed by atoms with Gasteiger partial charge in [0.15, 0.2) is 0 Å². The van der Waals surface area contributed by atoms with Gasteiger partial charge in [-0.1, -0.05) is 12.1 Å². The Hall–Kier alpha value is -3.28. The third-order valence-electron chi connectivity index (χ3n) is 5.49. The fourth-order valence-electron chi connectivity index (χ4n) is 3.75. The number of rotatable bonds is 7. The molecule has 1 fully saturated rings. The highest BCUT2D eigenvalue weighted by molar-refractivity contribution is 7.89. The molecule has 0 radical (unpaired) electrons. The zero-order valence-corrected chi connectivity index (χ0v) is 18.8. The number of ether oxygens (including phenoxy) is 2. The van der Waals surface area contributed by atoms with Crippen molar-refractivity contribution in [2.45, 2.75) is 11.3 Å². The summed E-state index contributed by atoms with van der Waals surface area (Å²) < 4.78 is 37.7. The van der Waals surface area contributed by atoms with Crippen LogP contribution in [0.1, 0.15) is 27.1 Å². The number of hydrogen-bond donors (Lipinski definition) is 1. The van der Waals surface area contributed by atoms with E-state index in [1.54, 1.807) is 24.3 Å². The molecule has 2 aromatic rings. The molecule has 3 amide bonds. The first-order chi connectivity index (χ1) is 15.8.